The minimum absolute atomic E-state index is 0.474. The molecule has 140 valence electrons. The summed E-state index contributed by atoms with van der Waals surface area (Å²) in [6.07, 6.45) is 0. The average molecular weight is 357 g/mol. The summed E-state index contributed by atoms with van der Waals surface area (Å²) in [6, 6.07) is 13.7. The summed E-state index contributed by atoms with van der Waals surface area (Å²) in [5.41, 5.74) is 2.03. The molecule has 0 saturated heterocycles. The van der Waals surface area contributed by atoms with E-state index in [0.717, 1.165) is 29.4 Å². The summed E-state index contributed by atoms with van der Waals surface area (Å²) in [4.78, 5) is 4.66. The van der Waals surface area contributed by atoms with E-state index in [1.54, 1.807) is 21.3 Å². The summed E-state index contributed by atoms with van der Waals surface area (Å²) < 4.78 is 16.2. The van der Waals surface area contributed by atoms with Gasteiger partial charge in [0.05, 0.1) is 27.9 Å². The van der Waals surface area contributed by atoms with Crippen LogP contribution in [0.1, 0.15) is 18.1 Å². The number of rotatable bonds is 8. The summed E-state index contributed by atoms with van der Waals surface area (Å²) in [6.45, 7) is 3.89. The Labute approximate surface area is 155 Å². The van der Waals surface area contributed by atoms with Crippen molar-refractivity contribution in [3.63, 3.8) is 0 Å². The monoisotopic (exact) mass is 357 g/mol. The summed E-state index contributed by atoms with van der Waals surface area (Å²) in [5, 5.41) is 6.59. The SMILES string of the molecule is CCNC(=NCc1cccc(OC)c1OC)NCc1ccccc1OC. The quantitative estimate of drug-likeness (QED) is 0.562. The minimum Gasteiger partial charge on any atom is -0.496 e. The van der Waals surface area contributed by atoms with Crippen LogP contribution in [-0.2, 0) is 13.1 Å². The first-order chi connectivity index (χ1) is 12.7. The second kappa shape index (κ2) is 10.2. The van der Waals surface area contributed by atoms with Gasteiger partial charge in [0.15, 0.2) is 17.5 Å². The number of methoxy groups -OCH3 is 3. The van der Waals surface area contributed by atoms with E-state index in [4.69, 9.17) is 14.2 Å². The first kappa shape index (κ1) is 19.4. The van der Waals surface area contributed by atoms with Gasteiger partial charge >= 0.3 is 0 Å². The lowest BCUT2D eigenvalue weighted by molar-refractivity contribution is 0.352. The molecule has 0 heterocycles. The highest BCUT2D eigenvalue weighted by molar-refractivity contribution is 5.79. The Kier molecular flexibility index (Phi) is 7.61. The van der Waals surface area contributed by atoms with Crippen LogP contribution in [0.2, 0.25) is 0 Å². The van der Waals surface area contributed by atoms with Crippen molar-refractivity contribution in [2.24, 2.45) is 4.99 Å². The highest BCUT2D eigenvalue weighted by atomic mass is 16.5. The van der Waals surface area contributed by atoms with Gasteiger partial charge in [0.2, 0.25) is 0 Å². The molecule has 0 bridgehead atoms. The normalized spacial score (nSPS) is 11.0. The number of nitrogens with one attached hydrogen (secondary N) is 2. The Morgan fingerprint density at radius 3 is 2.23 bits per heavy atom. The third kappa shape index (κ3) is 5.05. The molecule has 0 amide bonds. The van der Waals surface area contributed by atoms with E-state index in [2.05, 4.69) is 15.6 Å². The molecule has 0 saturated carbocycles. The molecule has 0 aliphatic heterocycles. The molecule has 0 radical (unpaired) electrons. The van der Waals surface area contributed by atoms with E-state index >= 15 is 0 Å². The Balaban J connectivity index is 2.12. The molecule has 0 fully saturated rings. The number of hydrogen-bond acceptors (Lipinski definition) is 4. The van der Waals surface area contributed by atoms with Crippen LogP contribution in [0.4, 0.5) is 0 Å². The van der Waals surface area contributed by atoms with Gasteiger partial charge in [-0.05, 0) is 19.1 Å². The standard InChI is InChI=1S/C20H27N3O3/c1-5-21-20(22-13-15-9-6-7-11-17(15)24-2)23-14-16-10-8-12-18(25-3)19(16)26-4/h6-12H,5,13-14H2,1-4H3,(H2,21,22,23). The molecule has 2 aromatic rings. The van der Waals surface area contributed by atoms with Crippen LogP contribution in [0.5, 0.6) is 17.2 Å². The highest BCUT2D eigenvalue weighted by Gasteiger charge is 2.09. The zero-order valence-corrected chi connectivity index (χ0v) is 15.8. The van der Waals surface area contributed by atoms with Crippen molar-refractivity contribution in [2.45, 2.75) is 20.0 Å². The molecular weight excluding hydrogens is 330 g/mol. The Morgan fingerprint density at radius 2 is 1.54 bits per heavy atom. The van der Waals surface area contributed by atoms with Gasteiger partial charge in [0.1, 0.15) is 5.75 Å². The minimum atomic E-state index is 0.474. The molecule has 2 N–H and O–H groups in total. The highest BCUT2D eigenvalue weighted by Crippen LogP contribution is 2.31. The third-order valence-electron chi connectivity index (χ3n) is 3.88. The Morgan fingerprint density at radius 1 is 0.846 bits per heavy atom. The van der Waals surface area contributed by atoms with Crippen molar-refractivity contribution in [3.8, 4) is 17.2 Å². The summed E-state index contributed by atoms with van der Waals surface area (Å²) >= 11 is 0. The van der Waals surface area contributed by atoms with Crippen LogP contribution >= 0.6 is 0 Å². The van der Waals surface area contributed by atoms with Crippen LogP contribution < -0.4 is 24.8 Å². The van der Waals surface area contributed by atoms with E-state index in [1.165, 1.54) is 0 Å². The van der Waals surface area contributed by atoms with Crippen molar-refractivity contribution in [1.29, 1.82) is 0 Å². The fraction of sp³-hybridized carbons (Fsp3) is 0.350. The van der Waals surface area contributed by atoms with Crippen LogP contribution in [0, 0.1) is 0 Å². The third-order valence-corrected chi connectivity index (χ3v) is 3.88. The fourth-order valence-corrected chi connectivity index (χ4v) is 2.61. The number of guanidine groups is 1. The lowest BCUT2D eigenvalue weighted by Gasteiger charge is -2.14. The van der Waals surface area contributed by atoms with Gasteiger partial charge in [0, 0.05) is 24.2 Å². The van der Waals surface area contributed by atoms with Gasteiger partial charge in [-0.25, -0.2) is 4.99 Å². The number of nitrogens with zero attached hydrogens (tertiary/aromatic N) is 1. The molecule has 2 rings (SSSR count). The smallest absolute Gasteiger partial charge is 0.191 e. The first-order valence-electron chi connectivity index (χ1n) is 8.57. The molecule has 0 spiro atoms. The summed E-state index contributed by atoms with van der Waals surface area (Å²) in [5.74, 6) is 2.99. The second-order valence-corrected chi connectivity index (χ2v) is 5.51. The molecule has 0 atom stereocenters. The van der Waals surface area contributed by atoms with Gasteiger partial charge in [-0.15, -0.1) is 0 Å². The van der Waals surface area contributed by atoms with Gasteiger partial charge in [-0.2, -0.15) is 0 Å². The molecule has 0 aromatic heterocycles. The fourth-order valence-electron chi connectivity index (χ4n) is 2.61. The van der Waals surface area contributed by atoms with Gasteiger partial charge < -0.3 is 24.8 Å². The molecule has 2 aromatic carbocycles. The number of benzene rings is 2. The van der Waals surface area contributed by atoms with E-state index in [0.29, 0.717) is 24.6 Å². The maximum absolute atomic E-state index is 5.47. The number of ether oxygens (including phenoxy) is 3. The molecule has 0 aliphatic carbocycles. The first-order valence-corrected chi connectivity index (χ1v) is 8.57. The van der Waals surface area contributed by atoms with Crippen LogP contribution in [0.15, 0.2) is 47.5 Å². The lowest BCUT2D eigenvalue weighted by atomic mass is 10.2. The maximum atomic E-state index is 5.47. The zero-order valence-electron chi connectivity index (χ0n) is 15.8. The van der Waals surface area contributed by atoms with Crippen molar-refractivity contribution in [3.05, 3.63) is 53.6 Å². The number of hydrogen-bond donors (Lipinski definition) is 2. The van der Waals surface area contributed by atoms with Crippen molar-refractivity contribution in [1.82, 2.24) is 10.6 Å². The van der Waals surface area contributed by atoms with Crippen LogP contribution in [-0.4, -0.2) is 33.8 Å². The summed E-state index contributed by atoms with van der Waals surface area (Å²) in [7, 11) is 4.94. The number of aliphatic imine (C=N–C) groups is 1. The largest absolute Gasteiger partial charge is 0.496 e. The van der Waals surface area contributed by atoms with E-state index < -0.39 is 0 Å². The second-order valence-electron chi connectivity index (χ2n) is 5.51. The van der Waals surface area contributed by atoms with Gasteiger partial charge in [-0.3, -0.25) is 0 Å². The molecular formula is C20H27N3O3. The van der Waals surface area contributed by atoms with Gasteiger partial charge in [0.25, 0.3) is 0 Å². The van der Waals surface area contributed by atoms with Crippen LogP contribution in [0.3, 0.4) is 0 Å². The van der Waals surface area contributed by atoms with Crippen LogP contribution in [0.25, 0.3) is 0 Å². The molecule has 0 aliphatic rings. The Bertz CT molecular complexity index is 732. The van der Waals surface area contributed by atoms with Crippen molar-refractivity contribution < 1.29 is 14.2 Å². The van der Waals surface area contributed by atoms with E-state index in [9.17, 15) is 0 Å². The average Bonchev–Trinajstić information content (AvgIpc) is 2.69. The molecule has 26 heavy (non-hydrogen) atoms. The predicted molar refractivity (Wildman–Crippen MR) is 104 cm³/mol. The predicted octanol–water partition coefficient (Wildman–Crippen LogP) is 2.97. The zero-order chi connectivity index (χ0) is 18.8. The van der Waals surface area contributed by atoms with Crippen molar-refractivity contribution >= 4 is 5.96 Å². The van der Waals surface area contributed by atoms with E-state index in [1.807, 2.05) is 49.4 Å². The molecule has 6 nitrogen and oxygen atoms in total. The molecule has 6 heteroatoms. The maximum Gasteiger partial charge on any atom is 0.191 e. The Hall–Kier alpha value is -2.89. The number of para-hydroxylation sites is 2. The van der Waals surface area contributed by atoms with E-state index in [-0.39, 0.29) is 0 Å². The van der Waals surface area contributed by atoms with Crippen molar-refractivity contribution in [2.75, 3.05) is 27.9 Å². The lowest BCUT2D eigenvalue weighted by Crippen LogP contribution is -2.36. The topological polar surface area (TPSA) is 64.1 Å². The van der Waals surface area contributed by atoms with Gasteiger partial charge in [-0.1, -0.05) is 30.3 Å². The molecule has 0 unspecified atom stereocenters.